The van der Waals surface area contributed by atoms with Crippen LogP contribution in [0.25, 0.3) is 0 Å². The van der Waals surface area contributed by atoms with Gasteiger partial charge in [-0.2, -0.15) is 0 Å². The fourth-order valence-corrected chi connectivity index (χ4v) is 2.81. The van der Waals surface area contributed by atoms with E-state index in [1.807, 2.05) is 0 Å². The number of aliphatic hydroxyl groups excluding tert-OH is 1. The van der Waals surface area contributed by atoms with Crippen molar-refractivity contribution < 1.29 is 33.6 Å². The zero-order chi connectivity index (χ0) is 22.8. The maximum atomic E-state index is 11.9. The van der Waals surface area contributed by atoms with Crippen molar-refractivity contribution in [3.05, 3.63) is 11.8 Å². The third-order valence-electron chi connectivity index (χ3n) is 4.64. The summed E-state index contributed by atoms with van der Waals surface area (Å²) in [5.74, 6) is -0.325. The Hall–Kier alpha value is -1.15. The third-order valence-corrected chi connectivity index (χ3v) is 4.64. The summed E-state index contributed by atoms with van der Waals surface area (Å²) in [6.07, 6.45) is 14.0. The number of ether oxygens (including phenoxy) is 5. The Morgan fingerprint density at radius 3 is 1.71 bits per heavy atom. The number of unbranched alkanes of at least 4 members (excludes halogenated alkanes) is 9. The Morgan fingerprint density at radius 1 is 0.677 bits per heavy atom. The number of aliphatic hydroxyl groups is 1. The summed E-state index contributed by atoms with van der Waals surface area (Å²) in [5.41, 5.74) is 0.457. The van der Waals surface area contributed by atoms with Crippen LogP contribution in [0, 0.1) is 0 Å². The molecule has 7 heteroatoms. The van der Waals surface area contributed by atoms with Crippen LogP contribution < -0.4 is 0 Å². The first-order valence-corrected chi connectivity index (χ1v) is 12.0. The monoisotopic (exact) mass is 446 g/mol. The second kappa shape index (κ2) is 25.1. The van der Waals surface area contributed by atoms with Gasteiger partial charge in [-0.1, -0.05) is 64.7 Å². The number of esters is 1. The minimum Gasteiger partial charge on any atom is -0.498 e. The van der Waals surface area contributed by atoms with Gasteiger partial charge in [0, 0.05) is 0 Å². The standard InChI is InChI=1S/C24H46O7/c1-3-4-5-6-7-8-9-10-11-12-14-31-24(26)23(2)22-30-21-20-29-19-18-28-17-16-27-15-13-25/h22,25H,3-21H2,1-2H3. The molecule has 0 aliphatic carbocycles. The van der Waals surface area contributed by atoms with Crippen LogP contribution in [0.2, 0.25) is 0 Å². The molecule has 0 atom stereocenters. The van der Waals surface area contributed by atoms with Crippen molar-refractivity contribution in [2.24, 2.45) is 0 Å². The van der Waals surface area contributed by atoms with Crippen LogP contribution in [-0.2, 0) is 28.5 Å². The largest absolute Gasteiger partial charge is 0.498 e. The lowest BCUT2D eigenvalue weighted by molar-refractivity contribution is -0.139. The minimum absolute atomic E-state index is 0.0219. The van der Waals surface area contributed by atoms with Crippen molar-refractivity contribution in [1.82, 2.24) is 0 Å². The Labute approximate surface area is 189 Å². The van der Waals surface area contributed by atoms with Crippen LogP contribution in [0.3, 0.4) is 0 Å². The van der Waals surface area contributed by atoms with Crippen molar-refractivity contribution in [2.45, 2.75) is 78.1 Å². The zero-order valence-corrected chi connectivity index (χ0v) is 19.9. The molecule has 184 valence electrons. The molecule has 0 aromatic heterocycles. The lowest BCUT2D eigenvalue weighted by Gasteiger charge is -2.07. The molecule has 0 unspecified atom stereocenters. The SMILES string of the molecule is CCCCCCCCCCCCOC(=O)C(C)=COCCOCCOCCOCCO. The van der Waals surface area contributed by atoms with Gasteiger partial charge in [0.15, 0.2) is 0 Å². The molecule has 1 N–H and O–H groups in total. The molecule has 0 rings (SSSR count). The highest BCUT2D eigenvalue weighted by atomic mass is 16.6. The first-order valence-electron chi connectivity index (χ1n) is 12.0. The van der Waals surface area contributed by atoms with Crippen LogP contribution in [0.15, 0.2) is 11.8 Å². The molecule has 0 spiro atoms. The lowest BCUT2D eigenvalue weighted by Crippen LogP contribution is -2.12. The van der Waals surface area contributed by atoms with Crippen LogP contribution >= 0.6 is 0 Å². The Bertz CT molecular complexity index is 413. The zero-order valence-electron chi connectivity index (χ0n) is 19.9. The fraction of sp³-hybridized carbons (Fsp3) is 0.875. The predicted octanol–water partition coefficient (Wildman–Crippen LogP) is 4.41. The molecule has 0 aliphatic heterocycles. The van der Waals surface area contributed by atoms with Gasteiger partial charge in [-0.3, -0.25) is 0 Å². The second-order valence-electron chi connectivity index (χ2n) is 7.55. The smallest absolute Gasteiger partial charge is 0.336 e. The predicted molar refractivity (Wildman–Crippen MR) is 122 cm³/mol. The summed E-state index contributed by atoms with van der Waals surface area (Å²) < 4.78 is 26.3. The molecule has 0 aromatic rings. The minimum atomic E-state index is -0.325. The van der Waals surface area contributed by atoms with E-state index in [1.54, 1.807) is 6.92 Å². The summed E-state index contributed by atoms with van der Waals surface area (Å²) in [6.45, 7) is 7.41. The molecule has 0 saturated heterocycles. The van der Waals surface area contributed by atoms with Crippen molar-refractivity contribution >= 4 is 5.97 Å². The van der Waals surface area contributed by atoms with Crippen LogP contribution in [-0.4, -0.2) is 70.5 Å². The quantitative estimate of drug-likeness (QED) is 0.102. The highest BCUT2D eigenvalue weighted by Crippen LogP contribution is 2.10. The molecule has 0 saturated carbocycles. The Kier molecular flexibility index (Phi) is 24.2. The van der Waals surface area contributed by atoms with Gasteiger partial charge < -0.3 is 28.8 Å². The maximum Gasteiger partial charge on any atom is 0.336 e. The number of hydrogen-bond acceptors (Lipinski definition) is 7. The average molecular weight is 447 g/mol. The van der Waals surface area contributed by atoms with E-state index in [0.29, 0.717) is 58.4 Å². The van der Waals surface area contributed by atoms with Crippen LogP contribution in [0.5, 0.6) is 0 Å². The van der Waals surface area contributed by atoms with E-state index < -0.39 is 0 Å². The first-order chi connectivity index (χ1) is 15.2. The number of carbonyl (C=O) groups excluding carboxylic acids is 1. The summed E-state index contributed by atoms with van der Waals surface area (Å²) in [5, 5.41) is 8.55. The van der Waals surface area contributed by atoms with Crippen molar-refractivity contribution in [3.8, 4) is 0 Å². The first kappa shape index (κ1) is 29.9. The highest BCUT2D eigenvalue weighted by molar-refractivity contribution is 5.87. The van der Waals surface area contributed by atoms with E-state index in [2.05, 4.69) is 6.92 Å². The van der Waals surface area contributed by atoms with Gasteiger partial charge in [0.1, 0.15) is 6.61 Å². The average Bonchev–Trinajstić information content (AvgIpc) is 2.77. The van der Waals surface area contributed by atoms with Gasteiger partial charge in [0.05, 0.1) is 64.7 Å². The molecular formula is C24H46O7. The van der Waals surface area contributed by atoms with E-state index in [4.69, 9.17) is 28.8 Å². The lowest BCUT2D eigenvalue weighted by atomic mass is 10.1. The third kappa shape index (κ3) is 23.3. The van der Waals surface area contributed by atoms with Gasteiger partial charge in [-0.25, -0.2) is 4.79 Å². The maximum absolute atomic E-state index is 11.9. The normalized spacial score (nSPS) is 11.6. The highest BCUT2D eigenvalue weighted by Gasteiger charge is 2.05. The Morgan fingerprint density at radius 2 is 1.16 bits per heavy atom. The molecule has 0 radical (unpaired) electrons. The molecule has 0 aromatic carbocycles. The fourth-order valence-electron chi connectivity index (χ4n) is 2.81. The van der Waals surface area contributed by atoms with E-state index in [0.717, 1.165) is 12.8 Å². The number of carbonyl (C=O) groups is 1. The molecule has 0 heterocycles. The van der Waals surface area contributed by atoms with Crippen molar-refractivity contribution in [3.63, 3.8) is 0 Å². The van der Waals surface area contributed by atoms with E-state index in [9.17, 15) is 4.79 Å². The van der Waals surface area contributed by atoms with E-state index >= 15 is 0 Å². The summed E-state index contributed by atoms with van der Waals surface area (Å²) in [6, 6.07) is 0. The Balaban J connectivity index is 3.40. The topological polar surface area (TPSA) is 83.5 Å². The number of hydrogen-bond donors (Lipinski definition) is 1. The molecular weight excluding hydrogens is 400 g/mol. The van der Waals surface area contributed by atoms with Crippen molar-refractivity contribution in [2.75, 3.05) is 59.5 Å². The molecule has 0 amide bonds. The summed E-state index contributed by atoms with van der Waals surface area (Å²) in [7, 11) is 0. The van der Waals surface area contributed by atoms with Gasteiger partial charge in [0.2, 0.25) is 0 Å². The van der Waals surface area contributed by atoms with Gasteiger partial charge >= 0.3 is 5.97 Å². The molecule has 0 fully saturated rings. The van der Waals surface area contributed by atoms with E-state index in [-0.39, 0.29) is 12.6 Å². The van der Waals surface area contributed by atoms with Crippen LogP contribution in [0.4, 0.5) is 0 Å². The molecule has 0 bridgehead atoms. The summed E-state index contributed by atoms with van der Waals surface area (Å²) in [4.78, 5) is 11.9. The molecule has 31 heavy (non-hydrogen) atoms. The van der Waals surface area contributed by atoms with E-state index in [1.165, 1.54) is 57.6 Å². The van der Waals surface area contributed by atoms with Crippen LogP contribution in [0.1, 0.15) is 78.1 Å². The molecule has 7 nitrogen and oxygen atoms in total. The number of rotatable bonds is 24. The summed E-state index contributed by atoms with van der Waals surface area (Å²) >= 11 is 0. The second-order valence-corrected chi connectivity index (χ2v) is 7.55. The molecule has 0 aliphatic rings. The van der Waals surface area contributed by atoms with Crippen molar-refractivity contribution in [1.29, 1.82) is 0 Å². The van der Waals surface area contributed by atoms with Gasteiger partial charge in [-0.05, 0) is 13.3 Å². The van der Waals surface area contributed by atoms with Gasteiger partial charge in [0.25, 0.3) is 0 Å². The van der Waals surface area contributed by atoms with Gasteiger partial charge in [-0.15, -0.1) is 0 Å².